The quantitative estimate of drug-likeness (QED) is 0.613. The molecule has 0 fully saturated rings. The second-order valence-electron chi connectivity index (χ2n) is 7.65. The van der Waals surface area contributed by atoms with Crippen LogP contribution in [0.3, 0.4) is 0 Å². The van der Waals surface area contributed by atoms with Crippen molar-refractivity contribution in [1.82, 2.24) is 4.90 Å². The molecule has 1 amide bonds. The van der Waals surface area contributed by atoms with Gasteiger partial charge in [-0.3, -0.25) is 9.59 Å². The molecule has 0 saturated carbocycles. The minimum absolute atomic E-state index is 0.0396. The van der Waals surface area contributed by atoms with Gasteiger partial charge >= 0.3 is 0 Å². The molecule has 0 aliphatic carbocycles. The van der Waals surface area contributed by atoms with E-state index < -0.39 is 29.3 Å². The lowest BCUT2D eigenvalue weighted by atomic mass is 9.95. The molecule has 0 bridgehead atoms. The summed E-state index contributed by atoms with van der Waals surface area (Å²) >= 11 is 0. The average molecular weight is 409 g/mol. The van der Waals surface area contributed by atoms with Gasteiger partial charge in [0.25, 0.3) is 5.91 Å². The molecule has 1 atom stereocenters. The molecule has 3 aromatic rings. The molecular weight excluding hydrogens is 387 g/mol. The van der Waals surface area contributed by atoms with Gasteiger partial charge < -0.3 is 19.3 Å². The van der Waals surface area contributed by atoms with Crippen molar-refractivity contribution in [2.45, 2.75) is 6.04 Å². The number of rotatable bonds is 6. The summed E-state index contributed by atoms with van der Waals surface area (Å²) in [6, 6.07) is 13.5. The van der Waals surface area contributed by atoms with Gasteiger partial charge in [-0.2, -0.15) is 0 Å². The molecule has 4 rings (SSSR count). The smallest absolute Gasteiger partial charge is 0.290 e. The van der Waals surface area contributed by atoms with Gasteiger partial charge in [-0.15, -0.1) is 0 Å². The predicted molar refractivity (Wildman–Crippen MR) is 109 cm³/mol. The Bertz CT molecular complexity index is 1110. The van der Waals surface area contributed by atoms with E-state index in [1.165, 1.54) is 29.2 Å². The summed E-state index contributed by atoms with van der Waals surface area (Å²) in [6.45, 7) is 0.938. The Labute approximate surface area is 172 Å². The number of benzene rings is 2. The number of halogens is 1. The number of nitrogens with one attached hydrogen (secondary N) is 1. The van der Waals surface area contributed by atoms with E-state index in [2.05, 4.69) is 0 Å². The number of ketones is 1. The number of furan rings is 1. The third-order valence-electron chi connectivity index (χ3n) is 5.24. The molecule has 2 heterocycles. The molecule has 30 heavy (non-hydrogen) atoms. The summed E-state index contributed by atoms with van der Waals surface area (Å²) in [4.78, 5) is 28.7. The number of aliphatic hydroxyl groups excluding tert-OH is 1. The number of hydrogen-bond acceptors (Lipinski definition) is 4. The predicted octanol–water partition coefficient (Wildman–Crippen LogP) is 2.29. The topological polar surface area (TPSA) is 75.2 Å². The number of aliphatic hydroxyl groups is 1. The Kier molecular flexibility index (Phi) is 5.13. The molecule has 1 aliphatic rings. The second-order valence-corrected chi connectivity index (χ2v) is 7.65. The monoisotopic (exact) mass is 409 g/mol. The van der Waals surface area contributed by atoms with E-state index >= 15 is 0 Å². The molecular formula is C23H22FN2O4+. The Morgan fingerprint density at radius 2 is 1.87 bits per heavy atom. The highest BCUT2D eigenvalue weighted by Gasteiger charge is 2.44. The van der Waals surface area contributed by atoms with E-state index in [1.54, 1.807) is 18.2 Å². The Hall–Kier alpha value is -3.45. The van der Waals surface area contributed by atoms with Gasteiger partial charge in [0.2, 0.25) is 5.78 Å². The lowest BCUT2D eigenvalue weighted by molar-refractivity contribution is -0.857. The van der Waals surface area contributed by atoms with Crippen molar-refractivity contribution in [1.29, 1.82) is 0 Å². The van der Waals surface area contributed by atoms with Crippen LogP contribution >= 0.6 is 0 Å². The lowest BCUT2D eigenvalue weighted by Gasteiger charge is -2.26. The van der Waals surface area contributed by atoms with Gasteiger partial charge in [0.05, 0.1) is 38.8 Å². The van der Waals surface area contributed by atoms with Gasteiger partial charge in [-0.1, -0.05) is 30.3 Å². The fourth-order valence-corrected chi connectivity index (χ4v) is 3.68. The van der Waals surface area contributed by atoms with E-state index in [1.807, 2.05) is 26.2 Å². The van der Waals surface area contributed by atoms with Crippen LogP contribution in [0.4, 0.5) is 4.39 Å². The third kappa shape index (κ3) is 3.48. The van der Waals surface area contributed by atoms with Crippen molar-refractivity contribution >= 4 is 22.7 Å². The number of amides is 1. The number of fused-ring (bicyclic) bond motifs is 1. The minimum atomic E-state index is -0.821. The SMILES string of the molecule is C[NH+](C)CCN1C(=O)C(O)=C(C(=O)c2cc3ccccc3o2)[C@H]1c1ccc(F)cc1. The van der Waals surface area contributed by atoms with E-state index in [0.717, 1.165) is 10.3 Å². The first-order valence-electron chi connectivity index (χ1n) is 9.68. The van der Waals surface area contributed by atoms with Gasteiger partial charge in [0, 0.05) is 5.39 Å². The zero-order valence-electron chi connectivity index (χ0n) is 16.7. The zero-order valence-corrected chi connectivity index (χ0v) is 16.7. The van der Waals surface area contributed by atoms with Gasteiger partial charge in [-0.05, 0) is 29.8 Å². The van der Waals surface area contributed by atoms with Crippen LogP contribution in [0.1, 0.15) is 22.2 Å². The van der Waals surface area contributed by atoms with E-state index in [-0.39, 0.29) is 11.3 Å². The van der Waals surface area contributed by atoms with Crippen molar-refractivity contribution in [2.24, 2.45) is 0 Å². The van der Waals surface area contributed by atoms with Crippen molar-refractivity contribution in [3.8, 4) is 0 Å². The number of hydrogen-bond donors (Lipinski definition) is 2. The first-order chi connectivity index (χ1) is 14.4. The molecule has 7 heteroatoms. The fourth-order valence-electron chi connectivity index (χ4n) is 3.68. The normalized spacial score (nSPS) is 16.9. The van der Waals surface area contributed by atoms with Crippen molar-refractivity contribution < 1.29 is 28.4 Å². The maximum atomic E-state index is 13.5. The summed E-state index contributed by atoms with van der Waals surface area (Å²) in [5.41, 5.74) is 1.03. The van der Waals surface area contributed by atoms with Crippen molar-refractivity contribution in [3.63, 3.8) is 0 Å². The number of Topliss-reactive ketones (excluding diaryl/α,β-unsaturated/α-hetero) is 1. The maximum absolute atomic E-state index is 13.5. The molecule has 0 saturated heterocycles. The standard InChI is InChI=1S/C23H21FN2O4/c1-25(2)11-12-26-20(14-7-9-16(24)10-8-14)19(22(28)23(26)29)21(27)18-13-15-5-3-4-6-17(15)30-18/h3-10,13,20,28H,11-12H2,1-2H3/p+1/t20-/m1/s1. The van der Waals surface area contributed by atoms with Gasteiger partial charge in [-0.25, -0.2) is 4.39 Å². The summed E-state index contributed by atoms with van der Waals surface area (Å²) in [7, 11) is 3.89. The van der Waals surface area contributed by atoms with E-state index in [4.69, 9.17) is 4.42 Å². The first-order valence-corrected chi connectivity index (χ1v) is 9.68. The summed E-state index contributed by atoms with van der Waals surface area (Å²) in [5.74, 6) is -2.16. The molecule has 0 radical (unpaired) electrons. The number of carbonyl (C=O) groups is 2. The highest BCUT2D eigenvalue weighted by atomic mass is 19.1. The van der Waals surface area contributed by atoms with E-state index in [9.17, 15) is 19.1 Å². The molecule has 2 N–H and O–H groups in total. The average Bonchev–Trinajstić information content (AvgIpc) is 3.26. The number of likely N-dealkylation sites (N-methyl/N-ethyl adjacent to an activating group) is 1. The fraction of sp³-hybridized carbons (Fsp3) is 0.217. The molecule has 0 spiro atoms. The molecule has 1 aromatic heterocycles. The largest absolute Gasteiger partial charge is 0.503 e. The van der Waals surface area contributed by atoms with Gasteiger partial charge in [0.1, 0.15) is 11.4 Å². The van der Waals surface area contributed by atoms with Crippen LogP contribution in [0.5, 0.6) is 0 Å². The van der Waals surface area contributed by atoms with Crippen LogP contribution in [0.25, 0.3) is 11.0 Å². The summed E-state index contributed by atoms with van der Waals surface area (Å²) in [6.07, 6.45) is 0. The van der Waals surface area contributed by atoms with Crippen molar-refractivity contribution in [2.75, 3.05) is 27.2 Å². The molecule has 154 valence electrons. The zero-order chi connectivity index (χ0) is 21.4. The highest BCUT2D eigenvalue weighted by molar-refractivity contribution is 6.16. The van der Waals surface area contributed by atoms with Crippen LogP contribution in [0.15, 0.2) is 70.3 Å². The number of carbonyl (C=O) groups excluding carboxylic acids is 2. The third-order valence-corrected chi connectivity index (χ3v) is 5.24. The number of para-hydroxylation sites is 1. The van der Waals surface area contributed by atoms with E-state index in [0.29, 0.717) is 24.2 Å². The Morgan fingerprint density at radius 1 is 1.17 bits per heavy atom. The maximum Gasteiger partial charge on any atom is 0.290 e. The number of quaternary nitrogens is 1. The minimum Gasteiger partial charge on any atom is -0.503 e. The van der Waals surface area contributed by atoms with Crippen LogP contribution in [-0.2, 0) is 4.79 Å². The highest BCUT2D eigenvalue weighted by Crippen LogP contribution is 2.39. The summed E-state index contributed by atoms with van der Waals surface area (Å²) < 4.78 is 19.2. The number of nitrogens with zero attached hydrogens (tertiary/aromatic N) is 1. The van der Waals surface area contributed by atoms with Crippen LogP contribution < -0.4 is 4.90 Å². The van der Waals surface area contributed by atoms with Crippen molar-refractivity contribution in [3.05, 3.63) is 83.1 Å². The van der Waals surface area contributed by atoms with Crippen LogP contribution in [0.2, 0.25) is 0 Å². The molecule has 0 unspecified atom stereocenters. The molecule has 1 aliphatic heterocycles. The first kappa shape index (κ1) is 19.8. The van der Waals surface area contributed by atoms with Gasteiger partial charge in [0.15, 0.2) is 11.5 Å². The van der Waals surface area contributed by atoms with Crippen LogP contribution in [-0.4, -0.2) is 48.9 Å². The molecule has 6 nitrogen and oxygen atoms in total. The molecule has 2 aromatic carbocycles. The lowest BCUT2D eigenvalue weighted by Crippen LogP contribution is -3.06. The summed E-state index contributed by atoms with van der Waals surface area (Å²) in [5, 5.41) is 11.4. The Balaban J connectivity index is 1.78. The second kappa shape index (κ2) is 7.76. The van der Waals surface area contributed by atoms with Crippen LogP contribution in [0, 0.1) is 5.82 Å². The Morgan fingerprint density at radius 3 is 2.53 bits per heavy atom.